The number of nitrogens with two attached hydrogens (primary N) is 1. The number of carbonyl (C=O) groups excluding carboxylic acids is 1. The molecule has 1 amide bonds. The molecule has 1 fully saturated rings. The normalized spacial score (nSPS) is 19.1. The summed E-state index contributed by atoms with van der Waals surface area (Å²) in [6.45, 7) is 8.72. The summed E-state index contributed by atoms with van der Waals surface area (Å²) < 4.78 is 0. The SMILES string of the molecule is C=CC(=O)N1CCCN(CCN)CC1. The van der Waals surface area contributed by atoms with E-state index in [4.69, 9.17) is 5.73 Å². The summed E-state index contributed by atoms with van der Waals surface area (Å²) in [4.78, 5) is 15.5. The van der Waals surface area contributed by atoms with Crippen molar-refractivity contribution in [3.05, 3.63) is 12.7 Å². The molecule has 1 saturated heterocycles. The monoisotopic (exact) mass is 197 g/mol. The van der Waals surface area contributed by atoms with Crippen LogP contribution < -0.4 is 5.73 Å². The second-order valence-corrected chi connectivity index (χ2v) is 3.51. The molecular formula is C10H19N3O. The van der Waals surface area contributed by atoms with Crippen LogP contribution >= 0.6 is 0 Å². The Bertz CT molecular complexity index is 206. The van der Waals surface area contributed by atoms with E-state index >= 15 is 0 Å². The number of carbonyl (C=O) groups is 1. The van der Waals surface area contributed by atoms with Gasteiger partial charge in [0.25, 0.3) is 0 Å². The highest BCUT2D eigenvalue weighted by Gasteiger charge is 2.16. The van der Waals surface area contributed by atoms with Gasteiger partial charge in [0.1, 0.15) is 0 Å². The first-order chi connectivity index (χ1) is 6.77. The molecule has 1 aliphatic heterocycles. The van der Waals surface area contributed by atoms with E-state index in [0.717, 1.165) is 39.1 Å². The second kappa shape index (κ2) is 5.78. The predicted octanol–water partition coefficient (Wildman–Crippen LogP) is -0.335. The Morgan fingerprint density at radius 2 is 2.14 bits per heavy atom. The predicted molar refractivity (Wildman–Crippen MR) is 56.9 cm³/mol. The summed E-state index contributed by atoms with van der Waals surface area (Å²) in [5, 5.41) is 0. The molecule has 0 spiro atoms. The largest absolute Gasteiger partial charge is 0.338 e. The van der Waals surface area contributed by atoms with E-state index in [0.29, 0.717) is 6.54 Å². The van der Waals surface area contributed by atoms with Crippen molar-refractivity contribution < 1.29 is 4.79 Å². The Morgan fingerprint density at radius 3 is 2.79 bits per heavy atom. The van der Waals surface area contributed by atoms with Crippen LogP contribution in [0.5, 0.6) is 0 Å². The van der Waals surface area contributed by atoms with Gasteiger partial charge >= 0.3 is 0 Å². The van der Waals surface area contributed by atoms with E-state index in [-0.39, 0.29) is 5.91 Å². The molecule has 1 aliphatic rings. The van der Waals surface area contributed by atoms with Crippen LogP contribution in [-0.2, 0) is 4.79 Å². The van der Waals surface area contributed by atoms with Gasteiger partial charge in [-0.2, -0.15) is 0 Å². The van der Waals surface area contributed by atoms with E-state index < -0.39 is 0 Å². The van der Waals surface area contributed by atoms with E-state index in [2.05, 4.69) is 11.5 Å². The van der Waals surface area contributed by atoms with Gasteiger partial charge in [-0.05, 0) is 19.0 Å². The van der Waals surface area contributed by atoms with E-state index in [1.807, 2.05) is 4.90 Å². The highest BCUT2D eigenvalue weighted by molar-refractivity contribution is 5.86. The van der Waals surface area contributed by atoms with Crippen LogP contribution in [0.25, 0.3) is 0 Å². The Labute approximate surface area is 85.3 Å². The Kier molecular flexibility index (Phi) is 4.62. The van der Waals surface area contributed by atoms with Crippen molar-refractivity contribution in [2.45, 2.75) is 6.42 Å². The Balaban J connectivity index is 2.40. The molecule has 4 heteroatoms. The van der Waals surface area contributed by atoms with Crippen molar-refractivity contribution in [2.24, 2.45) is 5.73 Å². The summed E-state index contributed by atoms with van der Waals surface area (Å²) in [7, 11) is 0. The zero-order chi connectivity index (χ0) is 10.4. The van der Waals surface area contributed by atoms with Gasteiger partial charge in [0.2, 0.25) is 5.91 Å². The fraction of sp³-hybridized carbons (Fsp3) is 0.700. The molecule has 80 valence electrons. The quantitative estimate of drug-likeness (QED) is 0.630. The Morgan fingerprint density at radius 1 is 1.36 bits per heavy atom. The summed E-state index contributed by atoms with van der Waals surface area (Å²) >= 11 is 0. The molecule has 0 aromatic rings. The van der Waals surface area contributed by atoms with Crippen LogP contribution in [0, 0.1) is 0 Å². The first-order valence-electron chi connectivity index (χ1n) is 5.11. The highest BCUT2D eigenvalue weighted by atomic mass is 16.2. The molecule has 0 radical (unpaired) electrons. The van der Waals surface area contributed by atoms with Gasteiger partial charge < -0.3 is 15.5 Å². The standard InChI is InChI=1S/C10H19N3O/c1-2-10(14)13-6-3-5-12(7-4-11)8-9-13/h2H,1,3-9,11H2. The lowest BCUT2D eigenvalue weighted by Crippen LogP contribution is -2.35. The van der Waals surface area contributed by atoms with Crippen molar-refractivity contribution >= 4 is 5.91 Å². The summed E-state index contributed by atoms with van der Waals surface area (Å²) in [6, 6.07) is 0. The second-order valence-electron chi connectivity index (χ2n) is 3.51. The van der Waals surface area contributed by atoms with Gasteiger partial charge in [0.15, 0.2) is 0 Å². The zero-order valence-corrected chi connectivity index (χ0v) is 8.61. The molecule has 0 saturated carbocycles. The molecule has 4 nitrogen and oxygen atoms in total. The minimum atomic E-state index is 0.0413. The minimum absolute atomic E-state index is 0.0413. The fourth-order valence-corrected chi connectivity index (χ4v) is 1.73. The van der Waals surface area contributed by atoms with Crippen molar-refractivity contribution in [3.8, 4) is 0 Å². The first-order valence-corrected chi connectivity index (χ1v) is 5.11. The molecule has 0 aliphatic carbocycles. The number of rotatable bonds is 3. The average molecular weight is 197 g/mol. The number of nitrogens with zero attached hydrogens (tertiary/aromatic N) is 2. The molecule has 0 atom stereocenters. The molecule has 1 heterocycles. The molecule has 0 unspecified atom stereocenters. The maximum Gasteiger partial charge on any atom is 0.245 e. The lowest BCUT2D eigenvalue weighted by molar-refractivity contribution is -0.125. The van der Waals surface area contributed by atoms with E-state index in [1.165, 1.54) is 6.08 Å². The third-order valence-electron chi connectivity index (χ3n) is 2.52. The molecule has 1 rings (SSSR count). The molecule has 0 aromatic carbocycles. The fourth-order valence-electron chi connectivity index (χ4n) is 1.73. The zero-order valence-electron chi connectivity index (χ0n) is 8.61. The van der Waals surface area contributed by atoms with Crippen LogP contribution in [0.4, 0.5) is 0 Å². The summed E-state index contributed by atoms with van der Waals surface area (Å²) in [5.74, 6) is 0.0413. The molecular weight excluding hydrogens is 178 g/mol. The van der Waals surface area contributed by atoms with Gasteiger partial charge in [-0.1, -0.05) is 6.58 Å². The Hall–Kier alpha value is -0.870. The summed E-state index contributed by atoms with van der Waals surface area (Å²) in [5.41, 5.74) is 5.49. The van der Waals surface area contributed by atoms with Crippen LogP contribution in [0.1, 0.15) is 6.42 Å². The van der Waals surface area contributed by atoms with Crippen LogP contribution in [0.2, 0.25) is 0 Å². The van der Waals surface area contributed by atoms with E-state index in [9.17, 15) is 4.79 Å². The summed E-state index contributed by atoms with van der Waals surface area (Å²) in [6.07, 6.45) is 2.41. The van der Waals surface area contributed by atoms with Crippen LogP contribution in [-0.4, -0.2) is 55.0 Å². The maximum absolute atomic E-state index is 11.3. The van der Waals surface area contributed by atoms with Gasteiger partial charge in [0, 0.05) is 32.7 Å². The topological polar surface area (TPSA) is 49.6 Å². The van der Waals surface area contributed by atoms with Gasteiger partial charge in [-0.15, -0.1) is 0 Å². The molecule has 2 N–H and O–H groups in total. The van der Waals surface area contributed by atoms with Gasteiger partial charge in [0.05, 0.1) is 0 Å². The first kappa shape index (κ1) is 11.2. The minimum Gasteiger partial charge on any atom is -0.338 e. The maximum atomic E-state index is 11.3. The molecule has 14 heavy (non-hydrogen) atoms. The lowest BCUT2D eigenvalue weighted by atomic mass is 10.3. The van der Waals surface area contributed by atoms with Crippen molar-refractivity contribution in [3.63, 3.8) is 0 Å². The van der Waals surface area contributed by atoms with Crippen LogP contribution in [0.3, 0.4) is 0 Å². The van der Waals surface area contributed by atoms with Gasteiger partial charge in [-0.25, -0.2) is 0 Å². The van der Waals surface area contributed by atoms with E-state index in [1.54, 1.807) is 0 Å². The number of amides is 1. The number of hydrogen-bond acceptors (Lipinski definition) is 3. The van der Waals surface area contributed by atoms with Crippen molar-refractivity contribution in [1.29, 1.82) is 0 Å². The lowest BCUT2D eigenvalue weighted by Gasteiger charge is -2.20. The van der Waals surface area contributed by atoms with Crippen molar-refractivity contribution in [1.82, 2.24) is 9.80 Å². The molecule has 0 bridgehead atoms. The smallest absolute Gasteiger partial charge is 0.245 e. The van der Waals surface area contributed by atoms with Crippen molar-refractivity contribution in [2.75, 3.05) is 39.3 Å². The molecule has 0 aromatic heterocycles. The average Bonchev–Trinajstić information content (AvgIpc) is 2.43. The third-order valence-corrected chi connectivity index (χ3v) is 2.52. The highest BCUT2D eigenvalue weighted by Crippen LogP contribution is 2.02. The number of hydrogen-bond donors (Lipinski definition) is 1. The van der Waals surface area contributed by atoms with Crippen LogP contribution in [0.15, 0.2) is 12.7 Å². The van der Waals surface area contributed by atoms with Gasteiger partial charge in [-0.3, -0.25) is 4.79 Å². The third kappa shape index (κ3) is 3.12.